The van der Waals surface area contributed by atoms with Crippen LogP contribution in [-0.2, 0) is 16.4 Å². The molecule has 1 aromatic carbocycles. The molecule has 2 aromatic rings. The lowest BCUT2D eigenvalue weighted by atomic mass is 10.2. The molecule has 2 rings (SSSR count). The fraction of sp³-hybridized carbons (Fsp3) is 0.462. The highest BCUT2D eigenvalue weighted by molar-refractivity contribution is 7.90. The Morgan fingerprint density at radius 3 is 2.74 bits per heavy atom. The van der Waals surface area contributed by atoms with Gasteiger partial charge < -0.3 is 9.73 Å². The van der Waals surface area contributed by atoms with Gasteiger partial charge in [-0.15, -0.1) is 0 Å². The van der Waals surface area contributed by atoms with Gasteiger partial charge in [-0.1, -0.05) is 13.8 Å². The maximum Gasteiger partial charge on any atom is 0.209 e. The molecule has 0 radical (unpaired) electrons. The van der Waals surface area contributed by atoms with Gasteiger partial charge in [0.15, 0.2) is 15.4 Å². The molecule has 0 saturated carbocycles. The minimum Gasteiger partial charge on any atom is -0.439 e. The summed E-state index contributed by atoms with van der Waals surface area (Å²) in [7, 11) is -3.21. The molecule has 0 saturated heterocycles. The molecule has 1 aromatic heterocycles. The Hall–Kier alpha value is -1.40. The molecule has 0 unspecified atom stereocenters. The van der Waals surface area contributed by atoms with Gasteiger partial charge in [-0.3, -0.25) is 0 Å². The summed E-state index contributed by atoms with van der Waals surface area (Å²) in [5.74, 6) is 1.13. The first-order chi connectivity index (χ1) is 8.86. The van der Waals surface area contributed by atoms with Crippen molar-refractivity contribution in [2.75, 3.05) is 12.8 Å². The largest absolute Gasteiger partial charge is 0.439 e. The standard InChI is InChI=1S/C13H18N2O3S/c1-9(2)7-14-8-13-15-11-6-10(19(3,16)17)4-5-12(11)18-13/h4-6,9,14H,7-8H2,1-3H3. The number of aromatic nitrogens is 1. The number of nitrogens with one attached hydrogen (secondary N) is 1. The number of oxazole rings is 1. The Kier molecular flexibility index (Phi) is 3.91. The van der Waals surface area contributed by atoms with E-state index < -0.39 is 9.84 Å². The lowest BCUT2D eigenvalue weighted by Crippen LogP contribution is -2.19. The van der Waals surface area contributed by atoms with Crippen LogP contribution in [0, 0.1) is 5.92 Å². The molecule has 0 amide bonds. The Morgan fingerprint density at radius 1 is 1.37 bits per heavy atom. The zero-order valence-corrected chi connectivity index (χ0v) is 12.1. The third kappa shape index (κ3) is 3.54. The summed E-state index contributed by atoms with van der Waals surface area (Å²) in [5.41, 5.74) is 1.18. The lowest BCUT2D eigenvalue weighted by molar-refractivity contribution is 0.471. The van der Waals surface area contributed by atoms with Crippen LogP contribution in [0.1, 0.15) is 19.7 Å². The molecule has 1 heterocycles. The fourth-order valence-corrected chi connectivity index (χ4v) is 2.37. The number of nitrogens with zero attached hydrogens (tertiary/aromatic N) is 1. The van der Waals surface area contributed by atoms with E-state index in [9.17, 15) is 8.42 Å². The third-order valence-electron chi connectivity index (χ3n) is 2.66. The van der Waals surface area contributed by atoms with Crippen LogP contribution in [0.25, 0.3) is 11.1 Å². The minimum absolute atomic E-state index is 0.259. The zero-order valence-electron chi connectivity index (χ0n) is 11.3. The summed E-state index contributed by atoms with van der Waals surface area (Å²) in [4.78, 5) is 4.55. The van der Waals surface area contributed by atoms with Crippen molar-refractivity contribution in [2.45, 2.75) is 25.3 Å². The molecule has 6 heteroatoms. The maximum atomic E-state index is 11.5. The minimum atomic E-state index is -3.21. The van der Waals surface area contributed by atoms with E-state index in [2.05, 4.69) is 24.1 Å². The molecule has 0 fully saturated rings. The van der Waals surface area contributed by atoms with E-state index in [1.54, 1.807) is 12.1 Å². The summed E-state index contributed by atoms with van der Waals surface area (Å²) in [6, 6.07) is 4.72. The van der Waals surface area contributed by atoms with Gasteiger partial charge >= 0.3 is 0 Å². The second-order valence-electron chi connectivity index (χ2n) is 5.03. The first-order valence-electron chi connectivity index (χ1n) is 6.16. The molecule has 5 nitrogen and oxygen atoms in total. The summed E-state index contributed by atoms with van der Waals surface area (Å²) in [6.45, 7) is 5.67. The van der Waals surface area contributed by atoms with E-state index in [1.165, 1.54) is 12.3 Å². The topological polar surface area (TPSA) is 72.2 Å². The molecule has 0 aliphatic rings. The van der Waals surface area contributed by atoms with Crippen molar-refractivity contribution in [3.8, 4) is 0 Å². The second-order valence-corrected chi connectivity index (χ2v) is 7.05. The van der Waals surface area contributed by atoms with Crippen LogP contribution in [0.5, 0.6) is 0 Å². The second kappa shape index (κ2) is 5.30. The molecule has 1 N–H and O–H groups in total. The molecule has 19 heavy (non-hydrogen) atoms. The van der Waals surface area contributed by atoms with E-state index in [4.69, 9.17) is 4.42 Å². The predicted molar refractivity (Wildman–Crippen MR) is 73.7 cm³/mol. The van der Waals surface area contributed by atoms with Crippen LogP contribution < -0.4 is 5.32 Å². The number of benzene rings is 1. The van der Waals surface area contributed by atoms with Gasteiger partial charge in [0.2, 0.25) is 5.89 Å². The van der Waals surface area contributed by atoms with Crippen LogP contribution in [0.3, 0.4) is 0 Å². The maximum absolute atomic E-state index is 11.5. The summed E-state index contributed by atoms with van der Waals surface area (Å²) < 4.78 is 28.5. The van der Waals surface area contributed by atoms with E-state index in [-0.39, 0.29) is 4.90 Å². The fourth-order valence-electron chi connectivity index (χ4n) is 1.73. The molecular weight excluding hydrogens is 264 g/mol. The van der Waals surface area contributed by atoms with Gasteiger partial charge in [0, 0.05) is 6.26 Å². The Morgan fingerprint density at radius 2 is 2.11 bits per heavy atom. The SMILES string of the molecule is CC(C)CNCc1nc2cc(S(C)(=O)=O)ccc2o1. The Balaban J connectivity index is 2.21. The predicted octanol–water partition coefficient (Wildman–Crippen LogP) is 1.98. The van der Waals surface area contributed by atoms with Crippen molar-refractivity contribution in [3.63, 3.8) is 0 Å². The van der Waals surface area contributed by atoms with E-state index in [0.29, 0.717) is 29.5 Å². The molecule has 0 aliphatic carbocycles. The van der Waals surface area contributed by atoms with Crippen molar-refractivity contribution in [1.29, 1.82) is 0 Å². The number of rotatable bonds is 5. The normalized spacial score (nSPS) is 12.4. The van der Waals surface area contributed by atoms with Crippen molar-refractivity contribution >= 4 is 20.9 Å². The first-order valence-corrected chi connectivity index (χ1v) is 8.05. The van der Waals surface area contributed by atoms with Gasteiger partial charge in [-0.2, -0.15) is 0 Å². The highest BCUT2D eigenvalue weighted by Crippen LogP contribution is 2.19. The molecule has 0 aliphatic heterocycles. The van der Waals surface area contributed by atoms with Crippen LogP contribution in [0.15, 0.2) is 27.5 Å². The number of hydrogen-bond donors (Lipinski definition) is 1. The summed E-state index contributed by atoms with van der Waals surface area (Å²) in [6.07, 6.45) is 1.18. The van der Waals surface area contributed by atoms with E-state index in [1.807, 2.05) is 0 Å². The highest BCUT2D eigenvalue weighted by Gasteiger charge is 2.11. The van der Waals surface area contributed by atoms with Crippen molar-refractivity contribution in [3.05, 3.63) is 24.1 Å². The lowest BCUT2D eigenvalue weighted by Gasteiger charge is -2.03. The van der Waals surface area contributed by atoms with Crippen LogP contribution in [-0.4, -0.2) is 26.2 Å². The van der Waals surface area contributed by atoms with Gasteiger partial charge in [-0.25, -0.2) is 13.4 Å². The van der Waals surface area contributed by atoms with Crippen LogP contribution >= 0.6 is 0 Å². The molecule has 0 spiro atoms. The van der Waals surface area contributed by atoms with Crippen molar-refractivity contribution in [2.24, 2.45) is 5.92 Å². The molecule has 104 valence electrons. The smallest absolute Gasteiger partial charge is 0.209 e. The summed E-state index contributed by atoms with van der Waals surface area (Å²) >= 11 is 0. The van der Waals surface area contributed by atoms with Gasteiger partial charge in [-0.05, 0) is 30.7 Å². The highest BCUT2D eigenvalue weighted by atomic mass is 32.2. The average Bonchev–Trinajstić information content (AvgIpc) is 2.68. The van der Waals surface area contributed by atoms with Gasteiger partial charge in [0.1, 0.15) is 5.52 Å². The monoisotopic (exact) mass is 282 g/mol. The third-order valence-corrected chi connectivity index (χ3v) is 3.77. The Bertz CT molecular complexity index is 674. The Labute approximate surface area is 112 Å². The number of hydrogen-bond acceptors (Lipinski definition) is 5. The van der Waals surface area contributed by atoms with Crippen LogP contribution in [0.2, 0.25) is 0 Å². The molecule has 0 atom stereocenters. The number of fused-ring (bicyclic) bond motifs is 1. The van der Waals surface area contributed by atoms with Crippen LogP contribution in [0.4, 0.5) is 0 Å². The van der Waals surface area contributed by atoms with E-state index >= 15 is 0 Å². The quantitative estimate of drug-likeness (QED) is 0.907. The van der Waals surface area contributed by atoms with Crippen molar-refractivity contribution < 1.29 is 12.8 Å². The van der Waals surface area contributed by atoms with Gasteiger partial charge in [0.25, 0.3) is 0 Å². The average molecular weight is 282 g/mol. The van der Waals surface area contributed by atoms with Crippen molar-refractivity contribution in [1.82, 2.24) is 10.3 Å². The van der Waals surface area contributed by atoms with E-state index in [0.717, 1.165) is 6.54 Å². The zero-order chi connectivity index (χ0) is 14.0. The summed E-state index contributed by atoms with van der Waals surface area (Å²) in [5, 5.41) is 3.23. The molecular formula is C13H18N2O3S. The van der Waals surface area contributed by atoms with Gasteiger partial charge in [0.05, 0.1) is 11.4 Å². The number of sulfone groups is 1. The first kappa shape index (κ1) is 14.0. The molecule has 0 bridgehead atoms.